The Kier molecular flexibility index (Phi) is 6.07. The van der Waals surface area contributed by atoms with Crippen LogP contribution in [0.15, 0.2) is 48.5 Å². The molecular formula is C18H15F3N2O3. The fourth-order valence-corrected chi connectivity index (χ4v) is 1.99. The monoisotopic (exact) mass is 364 g/mol. The van der Waals surface area contributed by atoms with E-state index in [-0.39, 0.29) is 11.4 Å². The average molecular weight is 364 g/mol. The summed E-state index contributed by atoms with van der Waals surface area (Å²) in [5.41, 5.74) is 0.476. The minimum atomic E-state index is -4.49. The molecule has 0 aliphatic rings. The summed E-state index contributed by atoms with van der Waals surface area (Å²) in [6.45, 7) is 0.0143. The predicted molar refractivity (Wildman–Crippen MR) is 87.9 cm³/mol. The molecule has 0 saturated carbocycles. The minimum Gasteiger partial charge on any atom is -0.482 e. The second-order valence-corrected chi connectivity index (χ2v) is 5.29. The van der Waals surface area contributed by atoms with Gasteiger partial charge >= 0.3 is 6.18 Å². The summed E-state index contributed by atoms with van der Waals surface area (Å²) in [4.78, 5) is 12.2. The van der Waals surface area contributed by atoms with Crippen LogP contribution in [-0.4, -0.2) is 24.8 Å². The largest absolute Gasteiger partial charge is 0.482 e. The molecule has 0 radical (unpaired) electrons. The van der Waals surface area contributed by atoms with E-state index in [1.54, 1.807) is 24.3 Å². The number of anilines is 1. The Bertz CT molecular complexity index is 816. The fraction of sp³-hybridized carbons (Fsp3) is 0.222. The van der Waals surface area contributed by atoms with E-state index in [0.29, 0.717) is 11.3 Å². The zero-order valence-electron chi connectivity index (χ0n) is 13.7. The first-order valence-electron chi connectivity index (χ1n) is 7.55. The summed E-state index contributed by atoms with van der Waals surface area (Å²) in [6.07, 6.45) is -5.43. The summed E-state index contributed by atoms with van der Waals surface area (Å²) >= 11 is 0. The number of ether oxygens (including phenoxy) is 2. The fourth-order valence-electron chi connectivity index (χ4n) is 1.99. The maximum Gasteiger partial charge on any atom is 0.422 e. The molecule has 1 N–H and O–H groups in total. The molecular weight excluding hydrogens is 349 g/mol. The lowest BCUT2D eigenvalue weighted by molar-refractivity contribution is -0.153. The van der Waals surface area contributed by atoms with Gasteiger partial charge in [-0.25, -0.2) is 0 Å². The lowest BCUT2D eigenvalue weighted by Gasteiger charge is -2.17. The molecule has 0 heterocycles. The maximum atomic E-state index is 12.3. The predicted octanol–water partition coefficient (Wildman–Crippen LogP) is 3.91. The van der Waals surface area contributed by atoms with Crippen molar-refractivity contribution in [2.24, 2.45) is 0 Å². The van der Waals surface area contributed by atoms with Crippen molar-refractivity contribution in [2.45, 2.75) is 19.2 Å². The van der Waals surface area contributed by atoms with Crippen molar-refractivity contribution >= 4 is 11.6 Å². The zero-order valence-corrected chi connectivity index (χ0v) is 13.7. The van der Waals surface area contributed by atoms with Gasteiger partial charge in [-0.05, 0) is 37.3 Å². The molecule has 2 aromatic carbocycles. The average Bonchev–Trinajstić information content (AvgIpc) is 2.60. The van der Waals surface area contributed by atoms with Crippen LogP contribution in [0.3, 0.4) is 0 Å². The normalized spacial score (nSPS) is 12.0. The quantitative estimate of drug-likeness (QED) is 0.844. The van der Waals surface area contributed by atoms with Crippen molar-refractivity contribution < 1.29 is 27.4 Å². The Balaban J connectivity index is 2.03. The van der Waals surface area contributed by atoms with Crippen molar-refractivity contribution in [1.82, 2.24) is 0 Å². The topological polar surface area (TPSA) is 71.3 Å². The van der Waals surface area contributed by atoms with Crippen LogP contribution in [0.1, 0.15) is 12.5 Å². The van der Waals surface area contributed by atoms with Gasteiger partial charge in [-0.15, -0.1) is 0 Å². The van der Waals surface area contributed by atoms with Crippen LogP contribution in [0.5, 0.6) is 11.5 Å². The van der Waals surface area contributed by atoms with Gasteiger partial charge in [0.05, 0.1) is 17.3 Å². The highest BCUT2D eigenvalue weighted by molar-refractivity contribution is 5.95. The number of carbonyl (C=O) groups is 1. The van der Waals surface area contributed by atoms with Crippen LogP contribution in [0.2, 0.25) is 0 Å². The Morgan fingerprint density at radius 3 is 2.65 bits per heavy atom. The number of alkyl halides is 3. The number of carbonyl (C=O) groups excluding carboxylic acids is 1. The standard InChI is InChI=1S/C18H15F3N2O3/c1-12(26-14-6-4-5-13(9-14)10-22)17(24)23-15-7-2-3-8-16(15)25-11-18(19,20)21/h2-9,12H,11H2,1H3,(H,23,24). The molecule has 0 saturated heterocycles. The first-order chi connectivity index (χ1) is 12.3. The van der Waals surface area contributed by atoms with E-state index in [1.807, 2.05) is 6.07 Å². The smallest absolute Gasteiger partial charge is 0.422 e. The molecule has 0 fully saturated rings. The Labute approximate surface area is 148 Å². The third kappa shape index (κ3) is 5.70. The van der Waals surface area contributed by atoms with Gasteiger partial charge in [-0.1, -0.05) is 18.2 Å². The van der Waals surface area contributed by atoms with E-state index in [2.05, 4.69) is 5.32 Å². The number of halogens is 3. The van der Waals surface area contributed by atoms with Crippen LogP contribution in [0.25, 0.3) is 0 Å². The Morgan fingerprint density at radius 2 is 1.96 bits per heavy atom. The molecule has 0 bridgehead atoms. The first-order valence-corrected chi connectivity index (χ1v) is 7.55. The van der Waals surface area contributed by atoms with E-state index >= 15 is 0 Å². The molecule has 0 spiro atoms. The highest BCUT2D eigenvalue weighted by Crippen LogP contribution is 2.26. The molecule has 2 rings (SSSR count). The lowest BCUT2D eigenvalue weighted by atomic mass is 10.2. The number of hydrogen-bond donors (Lipinski definition) is 1. The van der Waals surface area contributed by atoms with Crippen LogP contribution in [0.4, 0.5) is 18.9 Å². The van der Waals surface area contributed by atoms with Gasteiger partial charge in [0.15, 0.2) is 12.7 Å². The highest BCUT2D eigenvalue weighted by Gasteiger charge is 2.29. The van der Waals surface area contributed by atoms with Gasteiger partial charge in [-0.3, -0.25) is 4.79 Å². The van der Waals surface area contributed by atoms with E-state index in [9.17, 15) is 18.0 Å². The molecule has 1 atom stereocenters. The number of nitrogens with one attached hydrogen (secondary N) is 1. The van der Waals surface area contributed by atoms with Crippen LogP contribution in [-0.2, 0) is 4.79 Å². The second kappa shape index (κ2) is 8.25. The van der Waals surface area contributed by atoms with Gasteiger partial charge < -0.3 is 14.8 Å². The molecule has 26 heavy (non-hydrogen) atoms. The van der Waals surface area contributed by atoms with Gasteiger partial charge in [0.1, 0.15) is 11.5 Å². The van der Waals surface area contributed by atoms with Crippen LogP contribution in [0, 0.1) is 11.3 Å². The molecule has 0 aliphatic carbocycles. The molecule has 8 heteroatoms. The number of rotatable bonds is 6. The van der Waals surface area contributed by atoms with Crippen LogP contribution < -0.4 is 14.8 Å². The van der Waals surface area contributed by atoms with Crippen molar-refractivity contribution in [3.8, 4) is 17.6 Å². The summed E-state index contributed by atoms with van der Waals surface area (Å²) in [5.74, 6) is -0.347. The van der Waals surface area contributed by atoms with Crippen molar-refractivity contribution in [2.75, 3.05) is 11.9 Å². The molecule has 0 aliphatic heterocycles. The molecule has 1 unspecified atom stereocenters. The number of hydrogen-bond acceptors (Lipinski definition) is 4. The van der Waals surface area contributed by atoms with E-state index < -0.39 is 24.8 Å². The molecule has 2 aromatic rings. The SMILES string of the molecule is CC(Oc1cccc(C#N)c1)C(=O)Nc1ccccc1OCC(F)(F)F. The number of benzene rings is 2. The van der Waals surface area contributed by atoms with Gasteiger partial charge in [0, 0.05) is 0 Å². The number of para-hydroxylation sites is 2. The van der Waals surface area contributed by atoms with Gasteiger partial charge in [0.2, 0.25) is 0 Å². The summed E-state index contributed by atoms with van der Waals surface area (Å²) in [5, 5.41) is 11.3. The zero-order chi connectivity index (χ0) is 19.2. The maximum absolute atomic E-state index is 12.3. The van der Waals surface area contributed by atoms with E-state index in [0.717, 1.165) is 0 Å². The van der Waals surface area contributed by atoms with Crippen molar-refractivity contribution in [3.63, 3.8) is 0 Å². The van der Waals surface area contributed by atoms with Gasteiger partial charge in [-0.2, -0.15) is 18.4 Å². The van der Waals surface area contributed by atoms with E-state index in [1.165, 1.54) is 31.2 Å². The Morgan fingerprint density at radius 1 is 1.23 bits per heavy atom. The summed E-state index contributed by atoms with van der Waals surface area (Å²) in [6, 6.07) is 14.0. The number of amides is 1. The molecule has 5 nitrogen and oxygen atoms in total. The van der Waals surface area contributed by atoms with Crippen molar-refractivity contribution in [1.29, 1.82) is 5.26 Å². The molecule has 0 aromatic heterocycles. The molecule has 136 valence electrons. The van der Waals surface area contributed by atoms with Gasteiger partial charge in [0.25, 0.3) is 5.91 Å². The Hall–Kier alpha value is -3.21. The highest BCUT2D eigenvalue weighted by atomic mass is 19.4. The summed E-state index contributed by atoms with van der Waals surface area (Å²) < 4.78 is 47.1. The number of nitrogens with zero attached hydrogens (tertiary/aromatic N) is 1. The van der Waals surface area contributed by atoms with E-state index in [4.69, 9.17) is 14.7 Å². The van der Waals surface area contributed by atoms with Crippen molar-refractivity contribution in [3.05, 3.63) is 54.1 Å². The first kappa shape index (κ1) is 19.1. The number of nitriles is 1. The second-order valence-electron chi connectivity index (χ2n) is 5.29. The third-order valence-electron chi connectivity index (χ3n) is 3.18. The van der Waals surface area contributed by atoms with Crippen LogP contribution >= 0.6 is 0 Å². The third-order valence-corrected chi connectivity index (χ3v) is 3.18. The minimum absolute atomic E-state index is 0.1000. The summed E-state index contributed by atoms with van der Waals surface area (Å²) in [7, 11) is 0. The molecule has 1 amide bonds. The lowest BCUT2D eigenvalue weighted by Crippen LogP contribution is -2.30.